The Bertz CT molecular complexity index is 683. The molecule has 2 aromatic rings. The van der Waals surface area contributed by atoms with E-state index in [4.69, 9.17) is 23.2 Å². The highest BCUT2D eigenvalue weighted by Crippen LogP contribution is 2.25. The molecule has 0 aliphatic rings. The first-order valence-electron chi connectivity index (χ1n) is 6.87. The summed E-state index contributed by atoms with van der Waals surface area (Å²) in [6.07, 6.45) is 0.0499. The summed E-state index contributed by atoms with van der Waals surface area (Å²) in [7, 11) is 0. The van der Waals surface area contributed by atoms with Crippen molar-refractivity contribution in [1.82, 2.24) is 15.1 Å². The van der Waals surface area contributed by atoms with Gasteiger partial charge in [0.2, 0.25) is 0 Å². The van der Waals surface area contributed by atoms with Crippen molar-refractivity contribution in [1.29, 1.82) is 0 Å². The van der Waals surface area contributed by atoms with Crippen LogP contribution in [0.3, 0.4) is 0 Å². The number of nitrogens with zero attached hydrogens (tertiary/aromatic N) is 2. The minimum absolute atomic E-state index is 0.275. The second-order valence-corrected chi connectivity index (χ2v) is 5.89. The Hall–Kier alpha value is -1.56. The summed E-state index contributed by atoms with van der Waals surface area (Å²) in [4.78, 5) is 12.0. The van der Waals surface area contributed by atoms with Crippen LogP contribution in [0.4, 0.5) is 0 Å². The van der Waals surface area contributed by atoms with Crippen molar-refractivity contribution in [3.05, 3.63) is 45.7 Å². The van der Waals surface area contributed by atoms with Crippen molar-refractivity contribution in [3.63, 3.8) is 0 Å². The second-order valence-electron chi connectivity index (χ2n) is 5.07. The first-order chi connectivity index (χ1) is 10.4. The molecular weight excluding hydrogens is 325 g/mol. The number of rotatable bonds is 5. The van der Waals surface area contributed by atoms with E-state index in [1.54, 1.807) is 35.9 Å². The number of aromatic nitrogens is 2. The lowest BCUT2D eigenvalue weighted by Crippen LogP contribution is -2.27. The van der Waals surface area contributed by atoms with Gasteiger partial charge in [-0.3, -0.25) is 4.79 Å². The molecule has 5 nitrogen and oxygen atoms in total. The van der Waals surface area contributed by atoms with Crippen molar-refractivity contribution in [2.75, 3.05) is 6.54 Å². The van der Waals surface area contributed by atoms with Crippen molar-refractivity contribution >= 4 is 29.1 Å². The largest absolute Gasteiger partial charge is 0.393 e. The Balaban J connectivity index is 2.17. The monoisotopic (exact) mass is 341 g/mol. The second kappa shape index (κ2) is 7.13. The van der Waals surface area contributed by atoms with E-state index in [2.05, 4.69) is 10.4 Å². The fraction of sp³-hybridized carbons (Fsp3) is 0.333. The fourth-order valence-electron chi connectivity index (χ4n) is 1.95. The summed E-state index contributed by atoms with van der Waals surface area (Å²) in [5.74, 6) is -0.275. The molecule has 2 rings (SSSR count). The van der Waals surface area contributed by atoms with Crippen LogP contribution in [0, 0.1) is 6.92 Å². The van der Waals surface area contributed by atoms with Gasteiger partial charge in [0.15, 0.2) is 5.69 Å². The average Bonchev–Trinajstić information content (AvgIpc) is 2.83. The topological polar surface area (TPSA) is 67.2 Å². The summed E-state index contributed by atoms with van der Waals surface area (Å²) in [6.45, 7) is 3.92. The standard InChI is InChI=1S/C15H17Cl2N3O2/c1-9-7-14(15(22)18-6-5-10(2)21)19-20(9)11-3-4-12(16)13(17)8-11/h3-4,7-8,10,21H,5-6H2,1-2H3,(H,18,22)/t10-/m1/s1. The summed E-state index contributed by atoms with van der Waals surface area (Å²) in [5.41, 5.74) is 1.85. The molecule has 0 radical (unpaired) electrons. The summed E-state index contributed by atoms with van der Waals surface area (Å²) >= 11 is 11.9. The maximum absolute atomic E-state index is 12.0. The summed E-state index contributed by atoms with van der Waals surface area (Å²) in [6, 6.07) is 6.85. The van der Waals surface area contributed by atoms with Gasteiger partial charge in [0, 0.05) is 12.2 Å². The van der Waals surface area contributed by atoms with E-state index < -0.39 is 6.10 Å². The van der Waals surface area contributed by atoms with Crippen LogP contribution in [0.25, 0.3) is 5.69 Å². The molecule has 1 aromatic carbocycles. The molecule has 0 spiro atoms. The number of halogens is 2. The average molecular weight is 342 g/mol. The Labute approximate surface area is 138 Å². The minimum atomic E-state index is -0.448. The summed E-state index contributed by atoms with van der Waals surface area (Å²) < 4.78 is 1.63. The molecule has 0 saturated heterocycles. The molecule has 1 atom stereocenters. The van der Waals surface area contributed by atoms with Crippen molar-refractivity contribution in [3.8, 4) is 5.69 Å². The van der Waals surface area contributed by atoms with E-state index in [1.807, 2.05) is 6.92 Å². The maximum Gasteiger partial charge on any atom is 0.271 e. The molecule has 7 heteroatoms. The highest BCUT2D eigenvalue weighted by Gasteiger charge is 2.13. The van der Waals surface area contributed by atoms with Gasteiger partial charge in [-0.05, 0) is 44.5 Å². The van der Waals surface area contributed by atoms with Crippen LogP contribution < -0.4 is 5.32 Å². The van der Waals surface area contributed by atoms with Gasteiger partial charge in [0.1, 0.15) is 0 Å². The molecule has 1 amide bonds. The van der Waals surface area contributed by atoms with Crippen LogP contribution in [-0.2, 0) is 0 Å². The zero-order valence-corrected chi connectivity index (χ0v) is 13.8. The van der Waals surface area contributed by atoms with E-state index in [1.165, 1.54) is 0 Å². The Morgan fingerprint density at radius 1 is 1.36 bits per heavy atom. The molecule has 0 fully saturated rings. The number of benzene rings is 1. The Morgan fingerprint density at radius 3 is 2.73 bits per heavy atom. The van der Waals surface area contributed by atoms with Gasteiger partial charge in [0.25, 0.3) is 5.91 Å². The molecular formula is C15H17Cl2N3O2. The molecule has 0 bridgehead atoms. The molecule has 2 N–H and O–H groups in total. The Kier molecular flexibility index (Phi) is 5.45. The molecule has 0 aliphatic heterocycles. The van der Waals surface area contributed by atoms with Gasteiger partial charge in [-0.1, -0.05) is 23.2 Å². The molecule has 22 heavy (non-hydrogen) atoms. The van der Waals surface area contributed by atoms with Crippen LogP contribution in [0.15, 0.2) is 24.3 Å². The lowest BCUT2D eigenvalue weighted by molar-refractivity contribution is 0.0940. The van der Waals surface area contributed by atoms with Crippen LogP contribution >= 0.6 is 23.2 Å². The molecule has 1 heterocycles. The Morgan fingerprint density at radius 2 is 2.09 bits per heavy atom. The normalized spacial score (nSPS) is 12.2. The maximum atomic E-state index is 12.0. The third-order valence-electron chi connectivity index (χ3n) is 3.12. The minimum Gasteiger partial charge on any atom is -0.393 e. The zero-order valence-electron chi connectivity index (χ0n) is 12.3. The van der Waals surface area contributed by atoms with Crippen LogP contribution in [0.2, 0.25) is 10.0 Å². The van der Waals surface area contributed by atoms with Gasteiger partial charge in [-0.2, -0.15) is 5.10 Å². The molecule has 0 saturated carbocycles. The van der Waals surface area contributed by atoms with E-state index in [9.17, 15) is 9.90 Å². The number of aryl methyl sites for hydroxylation is 1. The predicted octanol–water partition coefficient (Wildman–Crippen LogP) is 2.99. The number of amides is 1. The van der Waals surface area contributed by atoms with Crippen molar-refractivity contribution < 1.29 is 9.90 Å². The first kappa shape index (κ1) is 16.8. The number of aliphatic hydroxyl groups is 1. The van der Waals surface area contributed by atoms with Gasteiger partial charge in [0.05, 0.1) is 21.8 Å². The highest BCUT2D eigenvalue weighted by molar-refractivity contribution is 6.42. The van der Waals surface area contributed by atoms with E-state index >= 15 is 0 Å². The number of nitrogens with one attached hydrogen (secondary N) is 1. The number of carbonyl (C=O) groups is 1. The lowest BCUT2D eigenvalue weighted by Gasteiger charge is -2.06. The molecule has 0 aliphatic carbocycles. The highest BCUT2D eigenvalue weighted by atomic mass is 35.5. The van der Waals surface area contributed by atoms with Crippen LogP contribution in [-0.4, -0.2) is 33.4 Å². The zero-order chi connectivity index (χ0) is 16.3. The van der Waals surface area contributed by atoms with Crippen LogP contribution in [0.5, 0.6) is 0 Å². The van der Waals surface area contributed by atoms with Gasteiger partial charge in [-0.25, -0.2) is 4.68 Å². The number of hydrogen-bond donors (Lipinski definition) is 2. The number of aliphatic hydroxyl groups excluding tert-OH is 1. The van der Waals surface area contributed by atoms with E-state index in [0.29, 0.717) is 28.7 Å². The van der Waals surface area contributed by atoms with Crippen molar-refractivity contribution in [2.24, 2.45) is 0 Å². The predicted molar refractivity (Wildman–Crippen MR) is 87.0 cm³/mol. The molecule has 0 unspecified atom stereocenters. The molecule has 1 aromatic heterocycles. The first-order valence-corrected chi connectivity index (χ1v) is 7.62. The third kappa shape index (κ3) is 4.00. The van der Waals surface area contributed by atoms with Gasteiger partial charge >= 0.3 is 0 Å². The van der Waals surface area contributed by atoms with Crippen molar-refractivity contribution in [2.45, 2.75) is 26.4 Å². The smallest absolute Gasteiger partial charge is 0.271 e. The lowest BCUT2D eigenvalue weighted by atomic mass is 10.3. The third-order valence-corrected chi connectivity index (χ3v) is 3.85. The number of hydrogen-bond acceptors (Lipinski definition) is 3. The molecule has 118 valence electrons. The summed E-state index contributed by atoms with van der Waals surface area (Å²) in [5, 5.41) is 17.1. The van der Waals surface area contributed by atoms with Gasteiger partial charge < -0.3 is 10.4 Å². The fourth-order valence-corrected chi connectivity index (χ4v) is 2.24. The quantitative estimate of drug-likeness (QED) is 0.878. The van der Waals surface area contributed by atoms with Crippen LogP contribution in [0.1, 0.15) is 29.5 Å². The van der Waals surface area contributed by atoms with E-state index in [-0.39, 0.29) is 5.91 Å². The number of carbonyl (C=O) groups excluding carboxylic acids is 1. The van der Waals surface area contributed by atoms with Gasteiger partial charge in [-0.15, -0.1) is 0 Å². The SMILES string of the molecule is Cc1cc(C(=O)NCC[C@@H](C)O)nn1-c1ccc(Cl)c(Cl)c1. The van der Waals surface area contributed by atoms with E-state index in [0.717, 1.165) is 11.4 Å².